The number of benzene rings is 1. The van der Waals surface area contributed by atoms with E-state index < -0.39 is 5.97 Å². The van der Waals surface area contributed by atoms with Crippen LogP contribution in [0.5, 0.6) is 0 Å². The molecule has 2 rings (SSSR count). The Balaban J connectivity index is 1.96. The van der Waals surface area contributed by atoms with Crippen molar-refractivity contribution in [2.75, 3.05) is 13.1 Å². The molecule has 0 spiro atoms. The highest BCUT2D eigenvalue weighted by molar-refractivity contribution is 5.87. The van der Waals surface area contributed by atoms with E-state index in [2.05, 4.69) is 18.7 Å². The number of likely N-dealkylation sites (tertiary alicyclic amines) is 1. The van der Waals surface area contributed by atoms with Gasteiger partial charge in [0.15, 0.2) is 0 Å². The van der Waals surface area contributed by atoms with E-state index in [0.29, 0.717) is 11.0 Å². The highest BCUT2D eigenvalue weighted by atomic mass is 16.4. The molecule has 0 aliphatic carbocycles. The SMILES string of the molecule is CCC1(C)CCN(Cc2cccc(C(=O)O)c2)CC1. The first kappa shape index (κ1) is 14.1. The van der Waals surface area contributed by atoms with Gasteiger partial charge in [-0.1, -0.05) is 32.4 Å². The first-order valence-electron chi connectivity index (χ1n) is 7.07. The van der Waals surface area contributed by atoms with Gasteiger partial charge in [-0.15, -0.1) is 0 Å². The summed E-state index contributed by atoms with van der Waals surface area (Å²) in [5, 5.41) is 9.00. The second kappa shape index (κ2) is 5.74. The van der Waals surface area contributed by atoms with Gasteiger partial charge in [-0.05, 0) is 49.0 Å². The lowest BCUT2D eigenvalue weighted by Crippen LogP contribution is -2.37. The maximum absolute atomic E-state index is 11.0. The van der Waals surface area contributed by atoms with E-state index in [9.17, 15) is 4.79 Å². The van der Waals surface area contributed by atoms with E-state index in [1.54, 1.807) is 12.1 Å². The molecule has 0 bridgehead atoms. The molecule has 1 aliphatic rings. The Morgan fingerprint density at radius 2 is 2.05 bits per heavy atom. The standard InChI is InChI=1S/C16H23NO2/c1-3-16(2)7-9-17(10-8-16)12-13-5-4-6-14(11-13)15(18)19/h4-6,11H,3,7-10,12H2,1-2H3,(H,18,19). The highest BCUT2D eigenvalue weighted by Crippen LogP contribution is 2.34. The van der Waals surface area contributed by atoms with E-state index in [1.165, 1.54) is 19.3 Å². The van der Waals surface area contributed by atoms with E-state index >= 15 is 0 Å². The Kier molecular flexibility index (Phi) is 4.25. The third-order valence-corrected chi connectivity index (χ3v) is 4.50. The molecule has 104 valence electrons. The first-order valence-corrected chi connectivity index (χ1v) is 7.07. The predicted octanol–water partition coefficient (Wildman–Crippen LogP) is 3.40. The van der Waals surface area contributed by atoms with Crippen LogP contribution >= 0.6 is 0 Å². The summed E-state index contributed by atoms with van der Waals surface area (Å²) in [5.74, 6) is -0.848. The van der Waals surface area contributed by atoms with E-state index in [1.807, 2.05) is 12.1 Å². The van der Waals surface area contributed by atoms with Crippen LogP contribution in [0, 0.1) is 5.41 Å². The Hall–Kier alpha value is -1.35. The summed E-state index contributed by atoms with van der Waals surface area (Å²) < 4.78 is 0. The lowest BCUT2D eigenvalue weighted by molar-refractivity contribution is 0.0696. The van der Waals surface area contributed by atoms with E-state index in [-0.39, 0.29) is 0 Å². The largest absolute Gasteiger partial charge is 0.478 e. The molecular formula is C16H23NO2. The fraction of sp³-hybridized carbons (Fsp3) is 0.562. The van der Waals surface area contributed by atoms with Gasteiger partial charge in [0.2, 0.25) is 0 Å². The predicted molar refractivity (Wildman–Crippen MR) is 76.3 cm³/mol. The minimum atomic E-state index is -0.848. The third-order valence-electron chi connectivity index (χ3n) is 4.50. The van der Waals surface area contributed by atoms with Gasteiger partial charge in [0.25, 0.3) is 0 Å². The zero-order valence-corrected chi connectivity index (χ0v) is 11.9. The molecule has 3 nitrogen and oxygen atoms in total. The van der Waals surface area contributed by atoms with Crippen molar-refractivity contribution < 1.29 is 9.90 Å². The van der Waals surface area contributed by atoms with Gasteiger partial charge in [0.1, 0.15) is 0 Å². The van der Waals surface area contributed by atoms with Crippen LogP contribution in [0.4, 0.5) is 0 Å². The lowest BCUT2D eigenvalue weighted by atomic mass is 9.78. The van der Waals surface area contributed by atoms with Crippen molar-refractivity contribution in [1.82, 2.24) is 4.90 Å². The van der Waals surface area contributed by atoms with Crippen molar-refractivity contribution in [3.8, 4) is 0 Å². The van der Waals surface area contributed by atoms with Crippen molar-refractivity contribution in [2.45, 2.75) is 39.7 Å². The molecule has 1 aromatic carbocycles. The summed E-state index contributed by atoms with van der Waals surface area (Å²) in [6, 6.07) is 7.28. The van der Waals surface area contributed by atoms with Crippen LogP contribution in [-0.2, 0) is 6.54 Å². The number of carbonyl (C=O) groups is 1. The number of carboxylic acids is 1. The third kappa shape index (κ3) is 3.57. The molecule has 1 fully saturated rings. The monoisotopic (exact) mass is 261 g/mol. The molecule has 1 N–H and O–H groups in total. The fourth-order valence-electron chi connectivity index (χ4n) is 2.67. The van der Waals surface area contributed by atoms with Crippen molar-refractivity contribution in [3.05, 3.63) is 35.4 Å². The van der Waals surface area contributed by atoms with Gasteiger partial charge in [0, 0.05) is 6.54 Å². The molecule has 19 heavy (non-hydrogen) atoms. The second-order valence-electron chi connectivity index (χ2n) is 5.95. The Bertz CT molecular complexity index is 448. The number of hydrogen-bond donors (Lipinski definition) is 1. The molecule has 1 aliphatic heterocycles. The van der Waals surface area contributed by atoms with Crippen LogP contribution in [-0.4, -0.2) is 29.1 Å². The summed E-state index contributed by atoms with van der Waals surface area (Å²) in [5.41, 5.74) is 1.98. The minimum Gasteiger partial charge on any atom is -0.478 e. The highest BCUT2D eigenvalue weighted by Gasteiger charge is 2.28. The Morgan fingerprint density at radius 1 is 1.37 bits per heavy atom. The van der Waals surface area contributed by atoms with Crippen LogP contribution in [0.1, 0.15) is 49.0 Å². The van der Waals surface area contributed by atoms with Crippen LogP contribution in [0.25, 0.3) is 0 Å². The maximum atomic E-state index is 11.0. The van der Waals surface area contributed by atoms with Crippen molar-refractivity contribution >= 4 is 5.97 Å². The molecule has 1 heterocycles. The average molecular weight is 261 g/mol. The van der Waals surface area contributed by atoms with Gasteiger partial charge in [-0.3, -0.25) is 4.90 Å². The maximum Gasteiger partial charge on any atom is 0.335 e. The van der Waals surface area contributed by atoms with Gasteiger partial charge < -0.3 is 5.11 Å². The van der Waals surface area contributed by atoms with E-state index in [0.717, 1.165) is 25.2 Å². The minimum absolute atomic E-state index is 0.382. The first-order chi connectivity index (χ1) is 9.02. The number of carboxylic acid groups (broad SMARTS) is 1. The van der Waals surface area contributed by atoms with E-state index in [4.69, 9.17) is 5.11 Å². The fourth-order valence-corrected chi connectivity index (χ4v) is 2.67. The summed E-state index contributed by atoms with van der Waals surface area (Å²) >= 11 is 0. The number of rotatable bonds is 4. The number of hydrogen-bond acceptors (Lipinski definition) is 2. The molecule has 0 aromatic heterocycles. The molecular weight excluding hydrogens is 238 g/mol. The van der Waals surface area contributed by atoms with Gasteiger partial charge in [-0.25, -0.2) is 4.79 Å². The molecule has 3 heteroatoms. The number of nitrogens with zero attached hydrogens (tertiary/aromatic N) is 1. The smallest absolute Gasteiger partial charge is 0.335 e. The molecule has 1 saturated heterocycles. The molecule has 0 unspecified atom stereocenters. The summed E-state index contributed by atoms with van der Waals surface area (Å²) in [6.07, 6.45) is 3.72. The second-order valence-corrected chi connectivity index (χ2v) is 5.95. The summed E-state index contributed by atoms with van der Waals surface area (Å²) in [7, 11) is 0. The Labute approximate surface area is 115 Å². The van der Waals surface area contributed by atoms with Crippen LogP contribution in [0.15, 0.2) is 24.3 Å². The zero-order valence-electron chi connectivity index (χ0n) is 11.9. The zero-order chi connectivity index (χ0) is 13.9. The van der Waals surface area contributed by atoms with Crippen molar-refractivity contribution in [3.63, 3.8) is 0 Å². The quantitative estimate of drug-likeness (QED) is 0.903. The molecule has 1 aromatic rings. The lowest BCUT2D eigenvalue weighted by Gasteiger charge is -2.39. The molecule has 0 saturated carbocycles. The van der Waals surface area contributed by atoms with Crippen LogP contribution in [0.2, 0.25) is 0 Å². The van der Waals surface area contributed by atoms with Crippen molar-refractivity contribution in [1.29, 1.82) is 0 Å². The molecule has 0 radical (unpaired) electrons. The van der Waals surface area contributed by atoms with Crippen LogP contribution < -0.4 is 0 Å². The Morgan fingerprint density at radius 3 is 2.63 bits per heavy atom. The summed E-state index contributed by atoms with van der Waals surface area (Å²) in [6.45, 7) is 7.73. The topological polar surface area (TPSA) is 40.5 Å². The van der Waals surface area contributed by atoms with Crippen LogP contribution in [0.3, 0.4) is 0 Å². The average Bonchev–Trinajstić information content (AvgIpc) is 2.42. The number of aromatic carboxylic acids is 1. The summed E-state index contributed by atoms with van der Waals surface area (Å²) in [4.78, 5) is 13.4. The van der Waals surface area contributed by atoms with Crippen molar-refractivity contribution in [2.24, 2.45) is 5.41 Å². The van der Waals surface area contributed by atoms with Gasteiger partial charge >= 0.3 is 5.97 Å². The number of piperidine rings is 1. The normalized spacial score (nSPS) is 19.3. The molecule has 0 amide bonds. The molecule has 0 atom stereocenters. The van der Waals surface area contributed by atoms with Gasteiger partial charge in [-0.2, -0.15) is 0 Å². The van der Waals surface area contributed by atoms with Gasteiger partial charge in [0.05, 0.1) is 5.56 Å².